The fourth-order valence-electron chi connectivity index (χ4n) is 3.44. The van der Waals surface area contributed by atoms with Gasteiger partial charge in [0.1, 0.15) is 0 Å². The van der Waals surface area contributed by atoms with Gasteiger partial charge in [0.25, 0.3) is 0 Å². The summed E-state index contributed by atoms with van der Waals surface area (Å²) in [4.78, 5) is 9.78. The number of guanidine groups is 1. The maximum atomic E-state index is 5.56. The number of nitrogens with one attached hydrogen (secondary N) is 1. The van der Waals surface area contributed by atoms with Crippen LogP contribution in [0.1, 0.15) is 40.0 Å². The van der Waals surface area contributed by atoms with Crippen LogP contribution in [0.5, 0.6) is 0 Å². The van der Waals surface area contributed by atoms with Gasteiger partial charge in [-0.25, -0.2) is 0 Å². The van der Waals surface area contributed by atoms with Crippen LogP contribution < -0.4 is 5.32 Å². The van der Waals surface area contributed by atoms with Crippen molar-refractivity contribution in [2.24, 2.45) is 10.4 Å². The Morgan fingerprint density at radius 3 is 2.35 bits per heavy atom. The Kier molecular flexibility index (Phi) is 8.07. The molecule has 2 rings (SSSR count). The average Bonchev–Trinajstić information content (AvgIpc) is 2.84. The minimum absolute atomic E-state index is 0. The lowest BCUT2D eigenvalue weighted by molar-refractivity contribution is -0.00263. The summed E-state index contributed by atoms with van der Waals surface area (Å²) in [6.07, 6.45) is 3.37. The van der Waals surface area contributed by atoms with Gasteiger partial charge in [0, 0.05) is 38.4 Å². The van der Waals surface area contributed by atoms with Crippen LogP contribution in [-0.4, -0.2) is 74.8 Å². The number of nitrogens with zero attached hydrogens (tertiary/aromatic N) is 3. The molecule has 0 unspecified atom stereocenters. The lowest BCUT2D eigenvalue weighted by Crippen LogP contribution is -2.52. The van der Waals surface area contributed by atoms with Crippen LogP contribution in [0.15, 0.2) is 4.99 Å². The van der Waals surface area contributed by atoms with Crippen LogP contribution in [0.2, 0.25) is 0 Å². The number of rotatable bonds is 4. The van der Waals surface area contributed by atoms with E-state index in [2.05, 4.69) is 50.0 Å². The molecular weight excluding hydrogens is 403 g/mol. The number of likely N-dealkylation sites (N-methyl/N-ethyl adjacent to an activating group) is 1. The molecule has 0 spiro atoms. The molecule has 0 atom stereocenters. The highest BCUT2D eigenvalue weighted by Crippen LogP contribution is 2.29. The van der Waals surface area contributed by atoms with Crippen molar-refractivity contribution in [1.82, 2.24) is 15.1 Å². The van der Waals surface area contributed by atoms with Crippen molar-refractivity contribution in [3.8, 4) is 0 Å². The maximum absolute atomic E-state index is 5.56. The van der Waals surface area contributed by atoms with Crippen LogP contribution in [0.25, 0.3) is 0 Å². The van der Waals surface area contributed by atoms with E-state index in [1.807, 2.05) is 0 Å². The van der Waals surface area contributed by atoms with Crippen LogP contribution in [0.3, 0.4) is 0 Å². The van der Waals surface area contributed by atoms with E-state index in [1.54, 1.807) is 0 Å². The van der Waals surface area contributed by atoms with Gasteiger partial charge in [-0.3, -0.25) is 4.99 Å². The molecule has 0 aromatic heterocycles. The molecule has 136 valence electrons. The average molecular weight is 438 g/mol. The molecule has 23 heavy (non-hydrogen) atoms. The predicted octanol–water partition coefficient (Wildman–Crippen LogP) is 2.41. The summed E-state index contributed by atoms with van der Waals surface area (Å²) in [5, 5.41) is 3.48. The smallest absolute Gasteiger partial charge is 0.193 e. The highest BCUT2D eigenvalue weighted by atomic mass is 127. The number of ether oxygens (including phenoxy) is 1. The normalized spacial score (nSPS) is 23.7. The van der Waals surface area contributed by atoms with E-state index in [-0.39, 0.29) is 29.5 Å². The van der Waals surface area contributed by atoms with Gasteiger partial charge in [0.2, 0.25) is 0 Å². The minimum Gasteiger partial charge on any atom is -0.381 e. The van der Waals surface area contributed by atoms with E-state index < -0.39 is 0 Å². The molecule has 1 N–H and O–H groups in total. The Balaban J connectivity index is 0.00000264. The highest BCUT2D eigenvalue weighted by molar-refractivity contribution is 14.0. The molecule has 0 bridgehead atoms. The van der Waals surface area contributed by atoms with Gasteiger partial charge in [-0.05, 0) is 45.7 Å². The van der Waals surface area contributed by atoms with Crippen molar-refractivity contribution in [3.05, 3.63) is 0 Å². The zero-order valence-electron chi connectivity index (χ0n) is 15.5. The van der Waals surface area contributed by atoms with Crippen molar-refractivity contribution >= 4 is 29.9 Å². The molecule has 2 saturated heterocycles. The second kappa shape index (κ2) is 8.85. The second-order valence-electron chi connectivity index (χ2n) is 7.74. The number of likely N-dealkylation sites (tertiary alicyclic amines) is 1. The van der Waals surface area contributed by atoms with Crippen LogP contribution in [-0.2, 0) is 4.74 Å². The van der Waals surface area contributed by atoms with Gasteiger partial charge in [0.15, 0.2) is 5.96 Å². The third kappa shape index (κ3) is 5.46. The minimum atomic E-state index is 0. The molecule has 6 heteroatoms. The number of halogens is 1. The molecule has 5 nitrogen and oxygen atoms in total. The molecule has 0 amide bonds. The molecule has 2 fully saturated rings. The molecule has 0 aromatic rings. The number of aliphatic imine (C=N–C) groups is 1. The largest absolute Gasteiger partial charge is 0.381 e. The van der Waals surface area contributed by atoms with E-state index in [9.17, 15) is 0 Å². The monoisotopic (exact) mass is 438 g/mol. The molecule has 2 aliphatic rings. The Morgan fingerprint density at radius 2 is 1.87 bits per heavy atom. The first-order valence-electron chi connectivity index (χ1n) is 8.67. The first-order valence-corrected chi connectivity index (χ1v) is 8.67. The zero-order chi connectivity index (χ0) is 16.2. The fraction of sp³-hybridized carbons (Fsp3) is 0.941. The second-order valence-corrected chi connectivity index (χ2v) is 7.74. The Bertz CT molecular complexity index is 392. The van der Waals surface area contributed by atoms with Crippen LogP contribution in [0.4, 0.5) is 0 Å². The summed E-state index contributed by atoms with van der Waals surface area (Å²) in [5.74, 6) is 1.08. The predicted molar refractivity (Wildman–Crippen MR) is 108 cm³/mol. The SMILES string of the molecule is CCNC(=NCC1(N(C)C)CCOCC1)N1CCC(C)(C)C1.I. The van der Waals surface area contributed by atoms with Gasteiger partial charge in [-0.1, -0.05) is 13.8 Å². The Morgan fingerprint density at radius 1 is 1.22 bits per heavy atom. The summed E-state index contributed by atoms with van der Waals surface area (Å²) in [7, 11) is 4.35. The Labute approximate surface area is 159 Å². The van der Waals surface area contributed by atoms with Gasteiger partial charge in [-0.15, -0.1) is 24.0 Å². The molecule has 0 radical (unpaired) electrons. The van der Waals surface area contributed by atoms with Crippen molar-refractivity contribution in [1.29, 1.82) is 0 Å². The lowest BCUT2D eigenvalue weighted by Gasteiger charge is -2.42. The summed E-state index contributed by atoms with van der Waals surface area (Å²) in [5.41, 5.74) is 0.544. The van der Waals surface area contributed by atoms with Gasteiger partial charge < -0.3 is 19.9 Å². The number of hydrogen-bond acceptors (Lipinski definition) is 3. The van der Waals surface area contributed by atoms with Gasteiger partial charge in [0.05, 0.1) is 6.54 Å². The Hall–Kier alpha value is -0.0800. The number of hydrogen-bond donors (Lipinski definition) is 1. The first-order chi connectivity index (χ1) is 10.4. The van der Waals surface area contributed by atoms with Gasteiger partial charge in [-0.2, -0.15) is 0 Å². The summed E-state index contributed by atoms with van der Waals surface area (Å²) >= 11 is 0. The zero-order valence-corrected chi connectivity index (χ0v) is 17.9. The van der Waals surface area contributed by atoms with Crippen molar-refractivity contribution < 1.29 is 4.74 Å². The van der Waals surface area contributed by atoms with Gasteiger partial charge >= 0.3 is 0 Å². The quantitative estimate of drug-likeness (QED) is 0.416. The molecule has 0 aliphatic carbocycles. The summed E-state index contributed by atoms with van der Waals surface area (Å²) in [6.45, 7) is 12.5. The van der Waals surface area contributed by atoms with E-state index in [0.29, 0.717) is 5.41 Å². The first kappa shape index (κ1) is 21.0. The van der Waals surface area contributed by atoms with Crippen LogP contribution in [0, 0.1) is 5.41 Å². The van der Waals surface area contributed by atoms with Crippen molar-refractivity contribution in [3.63, 3.8) is 0 Å². The summed E-state index contributed by atoms with van der Waals surface area (Å²) in [6, 6.07) is 0. The molecular formula is C17H35IN4O. The molecule has 0 saturated carbocycles. The third-order valence-corrected chi connectivity index (χ3v) is 5.21. The van der Waals surface area contributed by atoms with E-state index in [4.69, 9.17) is 9.73 Å². The van der Waals surface area contributed by atoms with Crippen molar-refractivity contribution in [2.75, 3.05) is 53.5 Å². The van der Waals surface area contributed by atoms with E-state index in [0.717, 1.165) is 58.2 Å². The highest BCUT2D eigenvalue weighted by Gasteiger charge is 2.36. The van der Waals surface area contributed by atoms with Crippen LogP contribution >= 0.6 is 24.0 Å². The topological polar surface area (TPSA) is 40.1 Å². The molecule has 0 aromatic carbocycles. The maximum Gasteiger partial charge on any atom is 0.193 e. The fourth-order valence-corrected chi connectivity index (χ4v) is 3.44. The standard InChI is InChI=1S/C17H34N4O.HI/c1-6-18-15(21-10-7-16(2,3)14-21)19-13-17(20(4)5)8-11-22-12-9-17;/h6-14H2,1-5H3,(H,18,19);1H. The molecule has 2 aliphatic heterocycles. The summed E-state index contributed by atoms with van der Waals surface area (Å²) < 4.78 is 5.56. The lowest BCUT2D eigenvalue weighted by atomic mass is 9.89. The van der Waals surface area contributed by atoms with Crippen molar-refractivity contribution in [2.45, 2.75) is 45.6 Å². The molecule has 2 heterocycles. The van der Waals surface area contributed by atoms with E-state index in [1.165, 1.54) is 6.42 Å². The third-order valence-electron chi connectivity index (χ3n) is 5.21. The van der Waals surface area contributed by atoms with E-state index >= 15 is 0 Å².